The van der Waals surface area contributed by atoms with Gasteiger partial charge in [-0.15, -0.1) is 6.58 Å². The Bertz CT molecular complexity index is 1140. The summed E-state index contributed by atoms with van der Waals surface area (Å²) in [5.74, 6) is -0.589. The Hall–Kier alpha value is -2.76. The molecule has 0 heterocycles. The molecule has 9 heteroatoms. The van der Waals surface area contributed by atoms with Gasteiger partial charge in [-0.1, -0.05) is 36.4 Å². The van der Waals surface area contributed by atoms with Crippen LogP contribution in [0.15, 0.2) is 72.8 Å². The monoisotopic (exact) mass is 636 g/mol. The molecule has 2 aromatic carbocycles. The van der Waals surface area contributed by atoms with E-state index in [4.69, 9.17) is 9.84 Å². The number of halogens is 2. The van der Waals surface area contributed by atoms with E-state index in [0.29, 0.717) is 23.3 Å². The lowest BCUT2D eigenvalue weighted by Crippen LogP contribution is -2.54. The fourth-order valence-electron chi connectivity index (χ4n) is 4.38. The third kappa shape index (κ3) is 8.12. The fourth-order valence-corrected chi connectivity index (χ4v) is 4.89. The van der Waals surface area contributed by atoms with E-state index in [1.165, 1.54) is 11.0 Å². The topological polar surface area (TPSA) is 99.1 Å². The highest BCUT2D eigenvalue weighted by Gasteiger charge is 2.40. The Labute approximate surface area is 236 Å². The van der Waals surface area contributed by atoms with E-state index in [2.05, 4.69) is 34.5 Å². The Morgan fingerprint density at radius 2 is 1.92 bits per heavy atom. The van der Waals surface area contributed by atoms with Crippen LogP contribution < -0.4 is 10.1 Å². The third-order valence-electron chi connectivity index (χ3n) is 6.38. The predicted octanol–water partition coefficient (Wildman–Crippen LogP) is 4.12. The average Bonchev–Trinajstić information content (AvgIpc) is 2.91. The first-order valence-electron chi connectivity index (χ1n) is 12.7. The van der Waals surface area contributed by atoms with E-state index in [1.807, 2.05) is 12.1 Å². The van der Waals surface area contributed by atoms with E-state index in [9.17, 15) is 19.1 Å². The molecule has 0 aliphatic heterocycles. The van der Waals surface area contributed by atoms with Crippen LogP contribution in [0.25, 0.3) is 0 Å². The molecule has 204 valence electrons. The molecule has 2 amide bonds. The van der Waals surface area contributed by atoms with Gasteiger partial charge in [-0.3, -0.25) is 9.59 Å². The van der Waals surface area contributed by atoms with Gasteiger partial charge in [0, 0.05) is 37.1 Å². The summed E-state index contributed by atoms with van der Waals surface area (Å²) in [6, 6.07) is 12.7. The van der Waals surface area contributed by atoms with Crippen molar-refractivity contribution in [2.75, 3.05) is 13.2 Å². The van der Waals surface area contributed by atoms with Crippen molar-refractivity contribution in [1.29, 1.82) is 0 Å². The zero-order valence-corrected chi connectivity index (χ0v) is 23.3. The molecule has 0 fully saturated rings. The average molecular weight is 637 g/mol. The van der Waals surface area contributed by atoms with Crippen LogP contribution >= 0.6 is 22.6 Å². The normalized spacial score (nSPS) is 18.8. The van der Waals surface area contributed by atoms with Crippen LogP contribution in [0.4, 0.5) is 4.39 Å². The molecular weight excluding hydrogens is 602 g/mol. The molecule has 0 bridgehead atoms. The molecule has 3 rings (SSSR count). The van der Waals surface area contributed by atoms with Gasteiger partial charge >= 0.3 is 0 Å². The number of nitrogens with zero attached hydrogens (tertiary/aromatic N) is 1. The highest BCUT2D eigenvalue weighted by atomic mass is 127. The van der Waals surface area contributed by atoms with E-state index in [1.54, 1.807) is 42.5 Å². The zero-order chi connectivity index (χ0) is 27.5. The third-order valence-corrected chi connectivity index (χ3v) is 7.27. The number of aliphatic hydroxyl groups is 2. The summed E-state index contributed by atoms with van der Waals surface area (Å²) >= 11 is 2.12. The largest absolute Gasteiger partial charge is 0.482 e. The van der Waals surface area contributed by atoms with Gasteiger partial charge in [0.05, 0.1) is 16.2 Å². The summed E-state index contributed by atoms with van der Waals surface area (Å²) in [7, 11) is 0. The first kappa shape index (κ1) is 29.8. The summed E-state index contributed by atoms with van der Waals surface area (Å²) in [5, 5.41) is 23.3. The van der Waals surface area contributed by atoms with Crippen molar-refractivity contribution in [3.8, 4) is 5.75 Å². The standard InChI is InChI=1S/C29H34FIN2O5/c1-2-3-4-5-14-27(35)33(19-20-10-6-7-11-22(20)30)24-17-21(29(37)32-15-16-34)18-26(28(24)36)38-25-13-9-8-12-23(25)31/h2,6-13,18,24,26,28,34,36H,1,3-5,14-17,19H2,(H,32,37). The summed E-state index contributed by atoms with van der Waals surface area (Å²) in [6.07, 6.45) is 3.68. The minimum absolute atomic E-state index is 0.0526. The number of benzene rings is 2. The lowest BCUT2D eigenvalue weighted by Gasteiger charge is -2.40. The van der Waals surface area contributed by atoms with Gasteiger partial charge in [0.1, 0.15) is 23.8 Å². The van der Waals surface area contributed by atoms with Crippen LogP contribution in [0.3, 0.4) is 0 Å². The van der Waals surface area contributed by atoms with Crippen LogP contribution in [0.1, 0.15) is 37.7 Å². The molecule has 1 aliphatic rings. The van der Waals surface area contributed by atoms with Crippen LogP contribution in [0, 0.1) is 9.39 Å². The van der Waals surface area contributed by atoms with Gasteiger partial charge in [0.2, 0.25) is 11.8 Å². The molecule has 3 N–H and O–H groups in total. The minimum atomic E-state index is -1.18. The second kappa shape index (κ2) is 15.0. The number of ether oxygens (including phenoxy) is 1. The highest BCUT2D eigenvalue weighted by Crippen LogP contribution is 2.31. The number of rotatable bonds is 13. The number of para-hydroxylation sites is 1. The SMILES string of the molecule is C=CCCCCC(=O)N(Cc1ccccc1F)C1CC(C(=O)NCCO)=CC(Oc2ccccc2I)C1O. The van der Waals surface area contributed by atoms with E-state index >= 15 is 0 Å². The first-order chi connectivity index (χ1) is 18.3. The van der Waals surface area contributed by atoms with Gasteiger partial charge in [-0.05, 0) is 66.1 Å². The molecular formula is C29H34FIN2O5. The molecule has 0 saturated heterocycles. The predicted molar refractivity (Wildman–Crippen MR) is 152 cm³/mol. The smallest absolute Gasteiger partial charge is 0.247 e. The molecule has 2 aromatic rings. The molecule has 38 heavy (non-hydrogen) atoms. The van der Waals surface area contributed by atoms with Crippen molar-refractivity contribution in [1.82, 2.24) is 10.2 Å². The number of hydrogen-bond acceptors (Lipinski definition) is 5. The number of amides is 2. The maximum atomic E-state index is 14.6. The van der Waals surface area contributed by atoms with Crippen molar-refractivity contribution >= 4 is 34.4 Å². The summed E-state index contributed by atoms with van der Waals surface area (Å²) in [6.45, 7) is 3.49. The molecule has 3 atom stereocenters. The first-order valence-corrected chi connectivity index (χ1v) is 13.8. The van der Waals surface area contributed by atoms with Crippen molar-refractivity contribution in [2.24, 2.45) is 0 Å². The second-order valence-corrected chi connectivity index (χ2v) is 10.3. The maximum Gasteiger partial charge on any atom is 0.247 e. The lowest BCUT2D eigenvalue weighted by atomic mass is 9.87. The summed E-state index contributed by atoms with van der Waals surface area (Å²) in [4.78, 5) is 27.9. The molecule has 3 unspecified atom stereocenters. The molecule has 0 spiro atoms. The number of nitrogens with one attached hydrogen (secondary N) is 1. The van der Waals surface area contributed by atoms with Crippen molar-refractivity contribution in [3.05, 3.63) is 87.8 Å². The molecule has 0 aromatic heterocycles. The van der Waals surface area contributed by atoms with E-state index in [-0.39, 0.29) is 38.4 Å². The Kier molecular flexibility index (Phi) is 11.8. The molecule has 0 radical (unpaired) electrons. The Balaban J connectivity index is 1.96. The maximum absolute atomic E-state index is 14.6. The van der Waals surface area contributed by atoms with Gasteiger partial charge in [0.25, 0.3) is 0 Å². The van der Waals surface area contributed by atoms with Crippen molar-refractivity contribution < 1.29 is 28.9 Å². The zero-order valence-electron chi connectivity index (χ0n) is 21.2. The minimum Gasteiger partial charge on any atom is -0.482 e. The number of hydrogen-bond donors (Lipinski definition) is 3. The van der Waals surface area contributed by atoms with Crippen molar-refractivity contribution in [2.45, 2.75) is 56.9 Å². The Morgan fingerprint density at radius 1 is 1.18 bits per heavy atom. The highest BCUT2D eigenvalue weighted by molar-refractivity contribution is 14.1. The summed E-state index contributed by atoms with van der Waals surface area (Å²) < 4.78 is 21.6. The second-order valence-electron chi connectivity index (χ2n) is 9.09. The van der Waals surface area contributed by atoms with Crippen LogP contribution in [-0.2, 0) is 16.1 Å². The quantitative estimate of drug-likeness (QED) is 0.175. The van der Waals surface area contributed by atoms with Gasteiger partial charge in [0.15, 0.2) is 0 Å². The van der Waals surface area contributed by atoms with Crippen LogP contribution in [0.2, 0.25) is 0 Å². The molecule has 1 aliphatic carbocycles. The number of aliphatic hydroxyl groups excluding tert-OH is 2. The van der Waals surface area contributed by atoms with Crippen molar-refractivity contribution in [3.63, 3.8) is 0 Å². The van der Waals surface area contributed by atoms with Gasteiger partial charge in [-0.2, -0.15) is 0 Å². The van der Waals surface area contributed by atoms with Crippen LogP contribution in [-0.4, -0.2) is 58.3 Å². The molecule has 7 nitrogen and oxygen atoms in total. The number of carbonyl (C=O) groups is 2. The van der Waals surface area contributed by atoms with Crippen LogP contribution in [0.5, 0.6) is 5.75 Å². The summed E-state index contributed by atoms with van der Waals surface area (Å²) in [5.41, 5.74) is 0.637. The van der Waals surface area contributed by atoms with Gasteiger partial charge < -0.3 is 25.2 Å². The van der Waals surface area contributed by atoms with Gasteiger partial charge in [-0.25, -0.2) is 4.39 Å². The lowest BCUT2D eigenvalue weighted by molar-refractivity contribution is -0.139. The number of unbranched alkanes of at least 4 members (excludes halogenated alkanes) is 2. The van der Waals surface area contributed by atoms with E-state index in [0.717, 1.165) is 16.4 Å². The molecule has 0 saturated carbocycles. The fraction of sp³-hybridized carbons (Fsp3) is 0.379. The Morgan fingerprint density at radius 3 is 2.63 bits per heavy atom. The number of carbonyl (C=O) groups excluding carboxylic acids is 2. The van der Waals surface area contributed by atoms with E-state index < -0.39 is 30.0 Å². The number of allylic oxidation sites excluding steroid dienone is 1.